The second kappa shape index (κ2) is 6.61. The van der Waals surface area contributed by atoms with Gasteiger partial charge in [-0.1, -0.05) is 54.6 Å². The molecule has 0 aliphatic heterocycles. The molecule has 1 heterocycles. The van der Waals surface area contributed by atoms with E-state index in [1.165, 1.54) is 0 Å². The SMILES string of the molecule is O=C(Cn1cnc2ccccc21)Nc1ccc(-c2ccccc2)cc1. The maximum absolute atomic E-state index is 12.3. The summed E-state index contributed by atoms with van der Waals surface area (Å²) in [5, 5.41) is 2.94. The molecule has 0 radical (unpaired) electrons. The Morgan fingerprint density at radius 1 is 0.840 bits per heavy atom. The fourth-order valence-corrected chi connectivity index (χ4v) is 2.87. The van der Waals surface area contributed by atoms with Gasteiger partial charge in [-0.2, -0.15) is 0 Å². The predicted octanol–water partition coefficient (Wildman–Crippen LogP) is 4.34. The highest BCUT2D eigenvalue weighted by Crippen LogP contribution is 2.21. The Labute approximate surface area is 145 Å². The number of benzene rings is 3. The summed E-state index contributed by atoms with van der Waals surface area (Å²) in [6, 6.07) is 25.8. The van der Waals surface area contributed by atoms with Crippen molar-refractivity contribution in [3.05, 3.63) is 85.2 Å². The van der Waals surface area contributed by atoms with Crippen LogP contribution in [-0.4, -0.2) is 15.5 Å². The van der Waals surface area contributed by atoms with E-state index >= 15 is 0 Å². The zero-order valence-corrected chi connectivity index (χ0v) is 13.6. The molecule has 1 aromatic heterocycles. The first-order chi connectivity index (χ1) is 12.3. The Morgan fingerprint density at radius 3 is 2.32 bits per heavy atom. The highest BCUT2D eigenvalue weighted by Gasteiger charge is 2.07. The van der Waals surface area contributed by atoms with Crippen molar-refractivity contribution in [1.29, 1.82) is 0 Å². The molecular weight excluding hydrogens is 310 g/mol. The van der Waals surface area contributed by atoms with Crippen molar-refractivity contribution in [2.45, 2.75) is 6.54 Å². The Balaban J connectivity index is 1.46. The van der Waals surface area contributed by atoms with Gasteiger partial charge in [-0.3, -0.25) is 4.79 Å². The van der Waals surface area contributed by atoms with E-state index in [4.69, 9.17) is 0 Å². The maximum atomic E-state index is 12.3. The van der Waals surface area contributed by atoms with Crippen LogP contribution < -0.4 is 5.32 Å². The predicted molar refractivity (Wildman–Crippen MR) is 100 cm³/mol. The Bertz CT molecular complexity index is 1000. The molecule has 0 saturated heterocycles. The zero-order chi connectivity index (χ0) is 17.1. The molecule has 4 rings (SSSR count). The van der Waals surface area contributed by atoms with Crippen LogP contribution in [0.25, 0.3) is 22.2 Å². The Kier molecular flexibility index (Phi) is 4.01. The van der Waals surface area contributed by atoms with Crippen LogP contribution >= 0.6 is 0 Å². The zero-order valence-electron chi connectivity index (χ0n) is 13.6. The second-order valence-electron chi connectivity index (χ2n) is 5.85. The van der Waals surface area contributed by atoms with Gasteiger partial charge in [-0.05, 0) is 35.4 Å². The van der Waals surface area contributed by atoms with E-state index in [0.29, 0.717) is 0 Å². The normalized spacial score (nSPS) is 10.7. The first kappa shape index (κ1) is 15.1. The van der Waals surface area contributed by atoms with Gasteiger partial charge in [0.25, 0.3) is 0 Å². The molecule has 0 aliphatic rings. The number of carbonyl (C=O) groups excluding carboxylic acids is 1. The van der Waals surface area contributed by atoms with Gasteiger partial charge in [0.2, 0.25) is 5.91 Å². The number of rotatable bonds is 4. The number of aromatic nitrogens is 2. The Morgan fingerprint density at radius 2 is 1.52 bits per heavy atom. The summed E-state index contributed by atoms with van der Waals surface area (Å²) in [7, 11) is 0. The molecule has 3 aromatic carbocycles. The molecule has 1 N–H and O–H groups in total. The summed E-state index contributed by atoms with van der Waals surface area (Å²) in [4.78, 5) is 16.6. The van der Waals surface area contributed by atoms with E-state index in [1.807, 2.05) is 71.3 Å². The molecule has 4 nitrogen and oxygen atoms in total. The lowest BCUT2D eigenvalue weighted by molar-refractivity contribution is -0.116. The minimum Gasteiger partial charge on any atom is -0.325 e. The van der Waals surface area contributed by atoms with Gasteiger partial charge in [-0.25, -0.2) is 4.98 Å². The summed E-state index contributed by atoms with van der Waals surface area (Å²) < 4.78 is 1.85. The van der Waals surface area contributed by atoms with Crippen molar-refractivity contribution in [2.75, 3.05) is 5.32 Å². The smallest absolute Gasteiger partial charge is 0.244 e. The van der Waals surface area contributed by atoms with E-state index in [-0.39, 0.29) is 12.5 Å². The summed E-state index contributed by atoms with van der Waals surface area (Å²) in [6.07, 6.45) is 1.70. The number of nitrogens with zero attached hydrogens (tertiary/aromatic N) is 2. The molecule has 1 amide bonds. The van der Waals surface area contributed by atoms with Gasteiger partial charge in [0.1, 0.15) is 6.54 Å². The molecule has 25 heavy (non-hydrogen) atoms. The van der Waals surface area contributed by atoms with Gasteiger partial charge in [0.15, 0.2) is 0 Å². The fraction of sp³-hybridized carbons (Fsp3) is 0.0476. The first-order valence-electron chi connectivity index (χ1n) is 8.15. The fourth-order valence-electron chi connectivity index (χ4n) is 2.87. The minimum atomic E-state index is -0.0735. The third kappa shape index (κ3) is 3.28. The molecule has 0 saturated carbocycles. The molecule has 122 valence electrons. The Hall–Kier alpha value is -3.40. The second-order valence-corrected chi connectivity index (χ2v) is 5.85. The third-order valence-corrected chi connectivity index (χ3v) is 4.12. The molecule has 0 spiro atoms. The standard InChI is InChI=1S/C21H17N3O/c25-21(14-24-15-22-19-8-4-5-9-20(19)24)23-18-12-10-17(11-13-18)16-6-2-1-3-7-16/h1-13,15H,14H2,(H,23,25). The largest absolute Gasteiger partial charge is 0.325 e. The highest BCUT2D eigenvalue weighted by molar-refractivity contribution is 5.91. The van der Waals surface area contributed by atoms with Crippen LogP contribution in [0.3, 0.4) is 0 Å². The van der Waals surface area contributed by atoms with Crippen molar-refractivity contribution in [2.24, 2.45) is 0 Å². The van der Waals surface area contributed by atoms with Crippen LogP contribution in [0.15, 0.2) is 85.2 Å². The third-order valence-electron chi connectivity index (χ3n) is 4.12. The van der Waals surface area contributed by atoms with E-state index in [9.17, 15) is 4.79 Å². The molecule has 4 aromatic rings. The van der Waals surface area contributed by atoms with Crippen molar-refractivity contribution in [3.63, 3.8) is 0 Å². The van der Waals surface area contributed by atoms with E-state index in [0.717, 1.165) is 27.8 Å². The van der Waals surface area contributed by atoms with Crippen LogP contribution in [-0.2, 0) is 11.3 Å². The van der Waals surface area contributed by atoms with Crippen molar-refractivity contribution in [1.82, 2.24) is 9.55 Å². The van der Waals surface area contributed by atoms with Gasteiger partial charge in [-0.15, -0.1) is 0 Å². The average Bonchev–Trinajstić information content (AvgIpc) is 3.06. The maximum Gasteiger partial charge on any atom is 0.244 e. The number of nitrogens with one attached hydrogen (secondary N) is 1. The lowest BCUT2D eigenvalue weighted by Crippen LogP contribution is -2.18. The number of hydrogen-bond acceptors (Lipinski definition) is 2. The minimum absolute atomic E-state index is 0.0735. The molecule has 0 unspecified atom stereocenters. The number of hydrogen-bond donors (Lipinski definition) is 1. The molecule has 0 aliphatic carbocycles. The number of imidazole rings is 1. The summed E-state index contributed by atoms with van der Waals surface area (Å²) in [5.41, 5.74) is 4.91. The van der Waals surface area contributed by atoms with E-state index < -0.39 is 0 Å². The summed E-state index contributed by atoms with van der Waals surface area (Å²) >= 11 is 0. The molecule has 0 atom stereocenters. The number of para-hydroxylation sites is 2. The van der Waals surface area contributed by atoms with Crippen LogP contribution in [0.2, 0.25) is 0 Å². The van der Waals surface area contributed by atoms with Gasteiger partial charge < -0.3 is 9.88 Å². The summed E-state index contributed by atoms with van der Waals surface area (Å²) in [5.74, 6) is -0.0735. The lowest BCUT2D eigenvalue weighted by Gasteiger charge is -2.08. The number of carbonyl (C=O) groups is 1. The van der Waals surface area contributed by atoms with Crippen LogP contribution in [0.4, 0.5) is 5.69 Å². The van der Waals surface area contributed by atoms with Crippen LogP contribution in [0.1, 0.15) is 0 Å². The topological polar surface area (TPSA) is 46.9 Å². The van der Waals surface area contributed by atoms with Crippen molar-refractivity contribution in [3.8, 4) is 11.1 Å². The average molecular weight is 327 g/mol. The number of amides is 1. The summed E-state index contributed by atoms with van der Waals surface area (Å²) in [6.45, 7) is 0.237. The molecule has 0 bridgehead atoms. The highest BCUT2D eigenvalue weighted by atomic mass is 16.1. The molecule has 4 heteroatoms. The lowest BCUT2D eigenvalue weighted by atomic mass is 10.1. The quantitative estimate of drug-likeness (QED) is 0.606. The monoisotopic (exact) mass is 327 g/mol. The van der Waals surface area contributed by atoms with Gasteiger partial charge in [0.05, 0.1) is 17.4 Å². The number of anilines is 1. The molecule has 0 fully saturated rings. The van der Waals surface area contributed by atoms with Gasteiger partial charge >= 0.3 is 0 Å². The van der Waals surface area contributed by atoms with Crippen molar-refractivity contribution < 1.29 is 4.79 Å². The van der Waals surface area contributed by atoms with Gasteiger partial charge in [0, 0.05) is 5.69 Å². The van der Waals surface area contributed by atoms with E-state index in [1.54, 1.807) is 6.33 Å². The van der Waals surface area contributed by atoms with Crippen molar-refractivity contribution >= 4 is 22.6 Å². The number of fused-ring (bicyclic) bond motifs is 1. The van der Waals surface area contributed by atoms with Crippen LogP contribution in [0.5, 0.6) is 0 Å². The van der Waals surface area contributed by atoms with E-state index in [2.05, 4.69) is 22.4 Å². The molecular formula is C21H17N3O. The van der Waals surface area contributed by atoms with Crippen LogP contribution in [0, 0.1) is 0 Å². The first-order valence-corrected chi connectivity index (χ1v) is 8.15.